The smallest absolute Gasteiger partial charge is 0.321 e. The van der Waals surface area contributed by atoms with Gasteiger partial charge in [-0.15, -0.1) is 0 Å². The molecule has 2 amide bonds. The lowest BCUT2D eigenvalue weighted by molar-refractivity contribution is 0.137. The van der Waals surface area contributed by atoms with Crippen molar-refractivity contribution >= 4 is 6.03 Å². The summed E-state index contributed by atoms with van der Waals surface area (Å²) in [5.41, 5.74) is 1.34. The molecule has 124 valence electrons. The first kappa shape index (κ1) is 16.1. The standard InChI is InChI=1S/C19H27N3O/c23-19(20-11-10-17-6-4-5-7-17)22-14-12-21(13-15-22)16-18-8-2-1-3-9-18/h1-3,8-11,17H,4-7,12-16H2,(H,20,23)/b11-10+. The van der Waals surface area contributed by atoms with Crippen molar-refractivity contribution in [2.45, 2.75) is 32.2 Å². The third-order valence-corrected chi connectivity index (χ3v) is 4.88. The van der Waals surface area contributed by atoms with Crippen LogP contribution in [0.2, 0.25) is 0 Å². The number of carbonyl (C=O) groups is 1. The molecular weight excluding hydrogens is 286 g/mol. The summed E-state index contributed by atoms with van der Waals surface area (Å²) in [6, 6.07) is 10.6. The fraction of sp³-hybridized carbons (Fsp3) is 0.526. The quantitative estimate of drug-likeness (QED) is 0.926. The molecular formula is C19H27N3O. The van der Waals surface area contributed by atoms with E-state index < -0.39 is 0 Å². The van der Waals surface area contributed by atoms with Crippen LogP contribution in [0.5, 0.6) is 0 Å². The average Bonchev–Trinajstić information content (AvgIpc) is 3.10. The van der Waals surface area contributed by atoms with Crippen molar-refractivity contribution in [3.63, 3.8) is 0 Å². The van der Waals surface area contributed by atoms with E-state index in [2.05, 4.69) is 40.6 Å². The van der Waals surface area contributed by atoms with Crippen LogP contribution in [0.3, 0.4) is 0 Å². The first-order valence-corrected chi connectivity index (χ1v) is 8.79. The molecule has 1 saturated heterocycles. The number of hydrogen-bond donors (Lipinski definition) is 1. The van der Waals surface area contributed by atoms with Gasteiger partial charge in [-0.2, -0.15) is 0 Å². The van der Waals surface area contributed by atoms with Gasteiger partial charge in [-0.25, -0.2) is 4.79 Å². The van der Waals surface area contributed by atoms with Crippen molar-refractivity contribution in [3.05, 3.63) is 48.2 Å². The molecule has 0 bridgehead atoms. The van der Waals surface area contributed by atoms with E-state index >= 15 is 0 Å². The van der Waals surface area contributed by atoms with E-state index in [0.29, 0.717) is 5.92 Å². The molecule has 2 aliphatic rings. The molecule has 0 spiro atoms. The van der Waals surface area contributed by atoms with Gasteiger partial charge in [0, 0.05) is 38.9 Å². The third-order valence-electron chi connectivity index (χ3n) is 4.88. The van der Waals surface area contributed by atoms with Gasteiger partial charge in [0.25, 0.3) is 0 Å². The van der Waals surface area contributed by atoms with Crippen LogP contribution >= 0.6 is 0 Å². The molecule has 1 aliphatic carbocycles. The van der Waals surface area contributed by atoms with Gasteiger partial charge in [-0.05, 0) is 24.3 Å². The summed E-state index contributed by atoms with van der Waals surface area (Å²) in [6.07, 6.45) is 9.21. The number of carbonyl (C=O) groups excluding carboxylic acids is 1. The van der Waals surface area contributed by atoms with E-state index in [0.717, 1.165) is 32.7 Å². The normalized spacial score (nSPS) is 20.3. The number of piperazine rings is 1. The summed E-state index contributed by atoms with van der Waals surface area (Å²) in [5.74, 6) is 0.665. The van der Waals surface area contributed by atoms with E-state index in [9.17, 15) is 4.79 Å². The van der Waals surface area contributed by atoms with Crippen LogP contribution in [0.25, 0.3) is 0 Å². The number of allylic oxidation sites excluding steroid dienone is 1. The van der Waals surface area contributed by atoms with Gasteiger partial charge in [-0.1, -0.05) is 49.2 Å². The Labute approximate surface area is 139 Å². The molecule has 23 heavy (non-hydrogen) atoms. The van der Waals surface area contributed by atoms with Gasteiger partial charge in [0.1, 0.15) is 0 Å². The molecule has 0 aromatic heterocycles. The van der Waals surface area contributed by atoms with Crippen molar-refractivity contribution in [2.24, 2.45) is 5.92 Å². The van der Waals surface area contributed by atoms with Crippen molar-refractivity contribution in [2.75, 3.05) is 26.2 Å². The molecule has 1 saturated carbocycles. The number of rotatable bonds is 4. The highest BCUT2D eigenvalue weighted by atomic mass is 16.2. The molecule has 1 heterocycles. The predicted octanol–water partition coefficient (Wildman–Crippen LogP) is 3.22. The number of benzene rings is 1. The summed E-state index contributed by atoms with van der Waals surface area (Å²) >= 11 is 0. The molecule has 4 heteroatoms. The molecule has 1 aromatic rings. The monoisotopic (exact) mass is 313 g/mol. The molecule has 1 aliphatic heterocycles. The van der Waals surface area contributed by atoms with Gasteiger partial charge in [-0.3, -0.25) is 4.90 Å². The van der Waals surface area contributed by atoms with Gasteiger partial charge >= 0.3 is 6.03 Å². The highest BCUT2D eigenvalue weighted by Gasteiger charge is 2.20. The summed E-state index contributed by atoms with van der Waals surface area (Å²) in [4.78, 5) is 16.5. The lowest BCUT2D eigenvalue weighted by atomic mass is 10.1. The molecule has 1 N–H and O–H groups in total. The van der Waals surface area contributed by atoms with Crippen LogP contribution in [0.1, 0.15) is 31.2 Å². The predicted molar refractivity (Wildman–Crippen MR) is 92.9 cm³/mol. The Bertz CT molecular complexity index is 515. The number of urea groups is 1. The van der Waals surface area contributed by atoms with E-state index in [1.807, 2.05) is 17.2 Å². The zero-order valence-electron chi connectivity index (χ0n) is 13.8. The molecule has 4 nitrogen and oxygen atoms in total. The summed E-state index contributed by atoms with van der Waals surface area (Å²) in [7, 11) is 0. The topological polar surface area (TPSA) is 35.6 Å². The van der Waals surface area contributed by atoms with Crippen LogP contribution in [0, 0.1) is 5.92 Å². The maximum atomic E-state index is 12.2. The highest BCUT2D eigenvalue weighted by molar-refractivity contribution is 5.75. The van der Waals surface area contributed by atoms with E-state index in [1.165, 1.54) is 31.2 Å². The van der Waals surface area contributed by atoms with Crippen molar-refractivity contribution in [3.8, 4) is 0 Å². The Kier molecular flexibility index (Phi) is 5.70. The Morgan fingerprint density at radius 1 is 1.09 bits per heavy atom. The second-order valence-electron chi connectivity index (χ2n) is 6.60. The van der Waals surface area contributed by atoms with E-state index in [-0.39, 0.29) is 6.03 Å². The van der Waals surface area contributed by atoms with Crippen LogP contribution in [-0.4, -0.2) is 42.0 Å². The minimum atomic E-state index is 0.0404. The minimum Gasteiger partial charge on any atom is -0.322 e. The Morgan fingerprint density at radius 3 is 2.48 bits per heavy atom. The van der Waals surface area contributed by atoms with E-state index in [1.54, 1.807) is 0 Å². The highest BCUT2D eigenvalue weighted by Crippen LogP contribution is 2.25. The third kappa shape index (κ3) is 4.83. The van der Waals surface area contributed by atoms with Crippen molar-refractivity contribution in [1.29, 1.82) is 0 Å². The lowest BCUT2D eigenvalue weighted by Gasteiger charge is -2.34. The lowest BCUT2D eigenvalue weighted by Crippen LogP contribution is -2.50. The zero-order chi connectivity index (χ0) is 15.9. The Morgan fingerprint density at radius 2 is 1.78 bits per heavy atom. The van der Waals surface area contributed by atoms with Gasteiger partial charge in [0.2, 0.25) is 0 Å². The maximum absolute atomic E-state index is 12.2. The molecule has 0 atom stereocenters. The number of nitrogens with one attached hydrogen (secondary N) is 1. The minimum absolute atomic E-state index is 0.0404. The van der Waals surface area contributed by atoms with Gasteiger partial charge < -0.3 is 10.2 Å². The van der Waals surface area contributed by atoms with Crippen LogP contribution in [0.4, 0.5) is 4.79 Å². The fourth-order valence-electron chi connectivity index (χ4n) is 3.45. The Hall–Kier alpha value is -1.81. The average molecular weight is 313 g/mol. The molecule has 2 fully saturated rings. The largest absolute Gasteiger partial charge is 0.322 e. The summed E-state index contributed by atoms with van der Waals surface area (Å²) < 4.78 is 0. The number of amides is 2. The van der Waals surface area contributed by atoms with Gasteiger partial charge in [0.05, 0.1) is 0 Å². The van der Waals surface area contributed by atoms with Crippen molar-refractivity contribution in [1.82, 2.24) is 15.1 Å². The summed E-state index contributed by atoms with van der Waals surface area (Å²) in [6.45, 7) is 4.45. The van der Waals surface area contributed by atoms with Crippen molar-refractivity contribution < 1.29 is 4.79 Å². The fourth-order valence-corrected chi connectivity index (χ4v) is 3.45. The maximum Gasteiger partial charge on any atom is 0.321 e. The number of hydrogen-bond acceptors (Lipinski definition) is 2. The second kappa shape index (κ2) is 8.16. The Balaban J connectivity index is 1.38. The van der Waals surface area contributed by atoms with Gasteiger partial charge in [0.15, 0.2) is 0 Å². The molecule has 0 radical (unpaired) electrons. The second-order valence-corrected chi connectivity index (χ2v) is 6.60. The zero-order valence-corrected chi connectivity index (χ0v) is 13.8. The number of nitrogens with zero attached hydrogens (tertiary/aromatic N) is 2. The SMILES string of the molecule is O=C(N/C=C/C1CCCC1)N1CCN(Cc2ccccc2)CC1. The molecule has 3 rings (SSSR count). The molecule has 0 unspecified atom stereocenters. The van der Waals surface area contributed by atoms with E-state index in [4.69, 9.17) is 0 Å². The first-order chi connectivity index (χ1) is 11.3. The summed E-state index contributed by atoms with van der Waals surface area (Å²) in [5, 5.41) is 2.93. The van der Waals surface area contributed by atoms with Crippen LogP contribution in [-0.2, 0) is 6.54 Å². The molecule has 1 aromatic carbocycles. The van der Waals surface area contributed by atoms with Crippen LogP contribution in [0.15, 0.2) is 42.6 Å². The first-order valence-electron chi connectivity index (χ1n) is 8.79. The van der Waals surface area contributed by atoms with Crippen LogP contribution < -0.4 is 5.32 Å².